The molecule has 3 rings (SSSR count). The highest BCUT2D eigenvalue weighted by Crippen LogP contribution is 2.45. The van der Waals surface area contributed by atoms with Gasteiger partial charge in [0.15, 0.2) is 0 Å². The maximum absolute atomic E-state index is 10.9. The first-order valence-corrected chi connectivity index (χ1v) is 6.61. The normalized spacial score (nSPS) is 36.8. The molecule has 1 aromatic rings. The highest BCUT2D eigenvalue weighted by atomic mass is 16.3. The average molecular weight is 232 g/mol. The number of nitrogens with zero attached hydrogens (tertiary/aromatic N) is 1. The fourth-order valence-corrected chi connectivity index (χ4v) is 3.58. The van der Waals surface area contributed by atoms with Gasteiger partial charge in [0.25, 0.3) is 0 Å². The zero-order chi connectivity index (χ0) is 11.9. The van der Waals surface area contributed by atoms with Gasteiger partial charge in [0.05, 0.1) is 5.60 Å². The summed E-state index contributed by atoms with van der Waals surface area (Å²) in [5.74, 6) is 0.199. The Kier molecular flexibility index (Phi) is 2.68. The summed E-state index contributed by atoms with van der Waals surface area (Å²) in [6.45, 7) is 0. The van der Waals surface area contributed by atoms with Gasteiger partial charge in [-0.15, -0.1) is 0 Å². The Morgan fingerprint density at radius 2 is 2.29 bits per heavy atom. The van der Waals surface area contributed by atoms with Crippen molar-refractivity contribution >= 4 is 0 Å². The number of aryl methyl sites for hydroxylation is 1. The second-order valence-electron chi connectivity index (χ2n) is 5.60. The summed E-state index contributed by atoms with van der Waals surface area (Å²) in [7, 11) is 0. The molecule has 3 heteroatoms. The summed E-state index contributed by atoms with van der Waals surface area (Å²) in [5.41, 5.74) is 7.83. The molecule has 3 unspecified atom stereocenters. The lowest BCUT2D eigenvalue weighted by molar-refractivity contribution is -0.0280. The molecule has 0 spiro atoms. The van der Waals surface area contributed by atoms with E-state index in [0.717, 1.165) is 44.2 Å². The van der Waals surface area contributed by atoms with Crippen LogP contribution >= 0.6 is 0 Å². The lowest BCUT2D eigenvalue weighted by atomic mass is 9.73. The van der Waals surface area contributed by atoms with E-state index in [2.05, 4.69) is 11.1 Å². The van der Waals surface area contributed by atoms with E-state index in [9.17, 15) is 5.11 Å². The van der Waals surface area contributed by atoms with E-state index in [-0.39, 0.29) is 12.0 Å². The third-order valence-corrected chi connectivity index (χ3v) is 4.41. The van der Waals surface area contributed by atoms with Gasteiger partial charge in [-0.3, -0.25) is 4.98 Å². The predicted octanol–water partition coefficient (Wildman–Crippen LogP) is 1.74. The first-order valence-electron chi connectivity index (χ1n) is 6.61. The first kappa shape index (κ1) is 11.2. The molecule has 1 aromatic heterocycles. The molecular formula is C14H20N2O. The molecule has 3 atom stereocenters. The zero-order valence-corrected chi connectivity index (χ0v) is 10.1. The second-order valence-corrected chi connectivity index (χ2v) is 5.60. The number of hydrogen-bond donors (Lipinski definition) is 2. The number of aliphatic hydroxyl groups is 1. The van der Waals surface area contributed by atoms with Crippen molar-refractivity contribution in [1.82, 2.24) is 4.98 Å². The Labute approximate surface area is 102 Å². The van der Waals surface area contributed by atoms with Crippen molar-refractivity contribution in [3.8, 4) is 0 Å². The number of hydrogen-bond acceptors (Lipinski definition) is 3. The van der Waals surface area contributed by atoms with Gasteiger partial charge in [0.2, 0.25) is 0 Å². The summed E-state index contributed by atoms with van der Waals surface area (Å²) >= 11 is 0. The highest BCUT2D eigenvalue weighted by Gasteiger charge is 2.44. The SMILES string of the molecule is NC1CCCC(O)(C2CCc3cccnc32)C1. The molecule has 92 valence electrons. The van der Waals surface area contributed by atoms with E-state index >= 15 is 0 Å². The molecule has 1 heterocycles. The number of rotatable bonds is 1. The largest absolute Gasteiger partial charge is 0.389 e. The van der Waals surface area contributed by atoms with E-state index in [0.29, 0.717) is 0 Å². The number of nitrogens with two attached hydrogens (primary N) is 1. The van der Waals surface area contributed by atoms with Gasteiger partial charge >= 0.3 is 0 Å². The van der Waals surface area contributed by atoms with Crippen molar-refractivity contribution in [2.24, 2.45) is 5.73 Å². The monoisotopic (exact) mass is 232 g/mol. The van der Waals surface area contributed by atoms with Crippen LogP contribution in [0.4, 0.5) is 0 Å². The zero-order valence-electron chi connectivity index (χ0n) is 10.1. The Morgan fingerprint density at radius 3 is 3.12 bits per heavy atom. The third-order valence-electron chi connectivity index (χ3n) is 4.41. The van der Waals surface area contributed by atoms with Crippen molar-refractivity contribution in [3.05, 3.63) is 29.6 Å². The van der Waals surface area contributed by atoms with Crippen LogP contribution in [0, 0.1) is 0 Å². The fourth-order valence-electron chi connectivity index (χ4n) is 3.58. The van der Waals surface area contributed by atoms with Crippen LogP contribution in [0.2, 0.25) is 0 Å². The second kappa shape index (κ2) is 4.07. The summed E-state index contributed by atoms with van der Waals surface area (Å²) in [6, 6.07) is 4.27. The maximum atomic E-state index is 10.9. The van der Waals surface area contributed by atoms with Crippen LogP contribution < -0.4 is 5.73 Å². The average Bonchev–Trinajstić information content (AvgIpc) is 2.72. The van der Waals surface area contributed by atoms with Crippen molar-refractivity contribution in [1.29, 1.82) is 0 Å². The molecule has 2 aliphatic rings. The minimum absolute atomic E-state index is 0.154. The van der Waals surface area contributed by atoms with Crippen LogP contribution in [0.15, 0.2) is 18.3 Å². The predicted molar refractivity (Wildman–Crippen MR) is 66.7 cm³/mol. The summed E-state index contributed by atoms with van der Waals surface area (Å²) in [6.07, 6.45) is 7.60. The Balaban J connectivity index is 1.90. The Morgan fingerprint density at radius 1 is 1.41 bits per heavy atom. The molecule has 3 nitrogen and oxygen atoms in total. The smallest absolute Gasteiger partial charge is 0.0746 e. The quantitative estimate of drug-likeness (QED) is 0.775. The van der Waals surface area contributed by atoms with Crippen LogP contribution in [0.3, 0.4) is 0 Å². The van der Waals surface area contributed by atoms with Gasteiger partial charge in [-0.1, -0.05) is 6.07 Å². The van der Waals surface area contributed by atoms with E-state index < -0.39 is 5.60 Å². The van der Waals surface area contributed by atoms with Gasteiger partial charge in [-0.2, -0.15) is 0 Å². The molecule has 17 heavy (non-hydrogen) atoms. The molecule has 0 radical (unpaired) electrons. The van der Waals surface area contributed by atoms with Crippen molar-refractivity contribution in [3.63, 3.8) is 0 Å². The van der Waals surface area contributed by atoms with Gasteiger partial charge in [0, 0.05) is 23.9 Å². The number of aromatic nitrogens is 1. The third kappa shape index (κ3) is 1.87. The van der Waals surface area contributed by atoms with Gasteiger partial charge in [0.1, 0.15) is 0 Å². The Bertz CT molecular complexity index is 420. The topological polar surface area (TPSA) is 59.1 Å². The van der Waals surface area contributed by atoms with Crippen LogP contribution in [-0.2, 0) is 6.42 Å². The lowest BCUT2D eigenvalue weighted by Crippen LogP contribution is -2.45. The molecule has 0 saturated heterocycles. The van der Waals surface area contributed by atoms with E-state index in [1.165, 1.54) is 5.56 Å². The molecule has 0 aliphatic heterocycles. The minimum Gasteiger partial charge on any atom is -0.389 e. The van der Waals surface area contributed by atoms with Crippen molar-refractivity contribution in [2.75, 3.05) is 0 Å². The summed E-state index contributed by atoms with van der Waals surface area (Å²) in [4.78, 5) is 4.49. The molecule has 0 aromatic carbocycles. The first-order chi connectivity index (χ1) is 8.19. The van der Waals surface area contributed by atoms with Crippen molar-refractivity contribution < 1.29 is 5.11 Å². The van der Waals surface area contributed by atoms with E-state index in [4.69, 9.17) is 5.73 Å². The van der Waals surface area contributed by atoms with Gasteiger partial charge in [-0.05, 0) is 50.2 Å². The number of fused-ring (bicyclic) bond motifs is 1. The van der Waals surface area contributed by atoms with Crippen LogP contribution in [0.1, 0.15) is 49.3 Å². The maximum Gasteiger partial charge on any atom is 0.0746 e. The van der Waals surface area contributed by atoms with E-state index in [1.54, 1.807) is 0 Å². The molecule has 0 amide bonds. The molecule has 0 bridgehead atoms. The molecule has 1 fully saturated rings. The minimum atomic E-state index is -0.614. The van der Waals surface area contributed by atoms with Crippen LogP contribution in [0.5, 0.6) is 0 Å². The van der Waals surface area contributed by atoms with Gasteiger partial charge < -0.3 is 10.8 Å². The van der Waals surface area contributed by atoms with Crippen LogP contribution in [-0.4, -0.2) is 21.7 Å². The molecule has 1 saturated carbocycles. The molecule has 3 N–H and O–H groups in total. The summed E-state index contributed by atoms with van der Waals surface area (Å²) in [5, 5.41) is 10.9. The standard InChI is InChI=1S/C14H20N2O/c15-11-4-1-7-14(17,9-11)12-6-5-10-3-2-8-16-13(10)12/h2-3,8,11-12,17H,1,4-7,9,15H2. The fraction of sp³-hybridized carbons (Fsp3) is 0.643. The van der Waals surface area contributed by atoms with Gasteiger partial charge in [-0.25, -0.2) is 0 Å². The van der Waals surface area contributed by atoms with Crippen LogP contribution in [0.25, 0.3) is 0 Å². The summed E-state index contributed by atoms with van der Waals surface area (Å²) < 4.78 is 0. The highest BCUT2D eigenvalue weighted by molar-refractivity contribution is 5.31. The molecular weight excluding hydrogens is 212 g/mol. The van der Waals surface area contributed by atoms with E-state index in [1.807, 2.05) is 12.3 Å². The lowest BCUT2D eigenvalue weighted by Gasteiger charge is -2.40. The molecule has 2 aliphatic carbocycles. The van der Waals surface area contributed by atoms with Crippen molar-refractivity contribution in [2.45, 2.75) is 56.1 Å². The number of pyridine rings is 1. The Hall–Kier alpha value is -0.930.